The molecule has 0 saturated heterocycles. The second kappa shape index (κ2) is 8.98. The van der Waals surface area contributed by atoms with Crippen LogP contribution in [0.2, 0.25) is 0 Å². The van der Waals surface area contributed by atoms with Gasteiger partial charge in [0, 0.05) is 6.07 Å². The van der Waals surface area contributed by atoms with Crippen LogP contribution in [0, 0.1) is 13.8 Å². The number of aryl methyl sites for hydroxylation is 2. The van der Waals surface area contributed by atoms with Crippen LogP contribution in [0.15, 0.2) is 75.9 Å². The summed E-state index contributed by atoms with van der Waals surface area (Å²) in [6.45, 7) is 5.88. The lowest BCUT2D eigenvalue weighted by molar-refractivity contribution is 0.0735. The summed E-state index contributed by atoms with van der Waals surface area (Å²) in [5.74, 6) is 1.13. The van der Waals surface area contributed by atoms with Gasteiger partial charge in [0.05, 0.1) is 17.6 Å². The zero-order valence-corrected chi connectivity index (χ0v) is 18.0. The molecule has 6 heteroatoms. The quantitative estimate of drug-likeness (QED) is 0.283. The Morgan fingerprint density at radius 3 is 2.47 bits per heavy atom. The minimum absolute atomic E-state index is 0.0779. The van der Waals surface area contributed by atoms with E-state index in [-0.39, 0.29) is 16.9 Å². The van der Waals surface area contributed by atoms with Crippen LogP contribution >= 0.6 is 0 Å². The normalized spacial score (nSPS) is 10.7. The van der Waals surface area contributed by atoms with Gasteiger partial charge in [0.25, 0.3) is 0 Å². The molecule has 0 fully saturated rings. The highest BCUT2D eigenvalue weighted by atomic mass is 16.5. The first-order valence-electron chi connectivity index (χ1n) is 10.2. The van der Waals surface area contributed by atoms with Crippen LogP contribution in [0.1, 0.15) is 28.6 Å². The molecule has 0 spiro atoms. The average Bonchev–Trinajstić information content (AvgIpc) is 2.77. The van der Waals surface area contributed by atoms with Crippen LogP contribution in [0.25, 0.3) is 11.0 Å². The van der Waals surface area contributed by atoms with E-state index in [0.717, 1.165) is 5.56 Å². The third-order valence-corrected chi connectivity index (χ3v) is 4.81. The molecule has 4 rings (SSSR count). The third-order valence-electron chi connectivity index (χ3n) is 4.81. The van der Waals surface area contributed by atoms with E-state index in [0.29, 0.717) is 40.4 Å². The Morgan fingerprint density at radius 2 is 1.72 bits per heavy atom. The van der Waals surface area contributed by atoms with Crippen molar-refractivity contribution in [2.75, 3.05) is 6.61 Å². The molecule has 32 heavy (non-hydrogen) atoms. The highest BCUT2D eigenvalue weighted by Gasteiger charge is 2.17. The van der Waals surface area contributed by atoms with Gasteiger partial charge in [0.2, 0.25) is 11.2 Å². The zero-order chi connectivity index (χ0) is 22.7. The predicted molar refractivity (Wildman–Crippen MR) is 121 cm³/mol. The summed E-state index contributed by atoms with van der Waals surface area (Å²) >= 11 is 0. The smallest absolute Gasteiger partial charge is 0.343 e. The number of benzene rings is 3. The van der Waals surface area contributed by atoms with Gasteiger partial charge in [-0.1, -0.05) is 29.8 Å². The highest BCUT2D eigenvalue weighted by Crippen LogP contribution is 2.33. The first-order valence-corrected chi connectivity index (χ1v) is 10.2. The molecule has 0 aliphatic carbocycles. The van der Waals surface area contributed by atoms with Crippen LogP contribution in [-0.2, 0) is 0 Å². The van der Waals surface area contributed by atoms with Gasteiger partial charge in [-0.3, -0.25) is 4.79 Å². The number of ether oxygens (including phenoxy) is 3. The van der Waals surface area contributed by atoms with Gasteiger partial charge in [0.15, 0.2) is 11.5 Å². The molecular formula is C26H22O6. The van der Waals surface area contributed by atoms with Gasteiger partial charge in [0.1, 0.15) is 17.1 Å². The maximum Gasteiger partial charge on any atom is 0.343 e. The molecule has 0 radical (unpaired) electrons. The second-order valence-corrected chi connectivity index (χ2v) is 7.22. The van der Waals surface area contributed by atoms with Crippen LogP contribution in [-0.4, -0.2) is 12.6 Å². The van der Waals surface area contributed by atoms with Crippen molar-refractivity contribution in [1.82, 2.24) is 0 Å². The summed E-state index contributed by atoms with van der Waals surface area (Å²) in [5, 5.41) is 0.315. The van der Waals surface area contributed by atoms with Crippen molar-refractivity contribution in [3.63, 3.8) is 0 Å². The van der Waals surface area contributed by atoms with Gasteiger partial charge in [-0.25, -0.2) is 4.79 Å². The number of rotatable bonds is 6. The minimum atomic E-state index is -0.486. The maximum atomic E-state index is 13.1. The van der Waals surface area contributed by atoms with E-state index in [4.69, 9.17) is 18.6 Å². The maximum absolute atomic E-state index is 13.1. The lowest BCUT2D eigenvalue weighted by Gasteiger charge is -2.13. The molecule has 3 aromatic carbocycles. The standard InChI is InChI=1S/C26H22O6/c1-4-29-21-10-5-6-11-22(21)32-25-17(3)30-23-15-19(12-13-20(23)24(25)27)31-26(28)18-9-7-8-16(2)14-18/h5-15H,4H2,1-3H3. The average molecular weight is 430 g/mol. The Balaban J connectivity index is 1.65. The minimum Gasteiger partial charge on any atom is -0.490 e. The van der Waals surface area contributed by atoms with Gasteiger partial charge >= 0.3 is 5.97 Å². The molecule has 0 N–H and O–H groups in total. The molecule has 0 saturated carbocycles. The van der Waals surface area contributed by atoms with Crippen molar-refractivity contribution in [2.45, 2.75) is 20.8 Å². The second-order valence-electron chi connectivity index (χ2n) is 7.22. The van der Waals surface area contributed by atoms with E-state index in [2.05, 4.69) is 0 Å². The molecule has 0 amide bonds. The Morgan fingerprint density at radius 1 is 0.938 bits per heavy atom. The van der Waals surface area contributed by atoms with Crippen molar-refractivity contribution in [2.24, 2.45) is 0 Å². The summed E-state index contributed by atoms with van der Waals surface area (Å²) in [4.78, 5) is 25.5. The molecular weight excluding hydrogens is 408 g/mol. The van der Waals surface area contributed by atoms with Crippen molar-refractivity contribution >= 4 is 16.9 Å². The monoisotopic (exact) mass is 430 g/mol. The van der Waals surface area contributed by atoms with Crippen LogP contribution in [0.4, 0.5) is 0 Å². The molecule has 1 heterocycles. The number of hydrogen-bond donors (Lipinski definition) is 0. The summed E-state index contributed by atoms with van der Waals surface area (Å²) in [5.41, 5.74) is 1.37. The lowest BCUT2D eigenvalue weighted by atomic mass is 10.1. The number of hydrogen-bond acceptors (Lipinski definition) is 6. The Kier molecular flexibility index (Phi) is 5.94. The summed E-state index contributed by atoms with van der Waals surface area (Å²) < 4.78 is 22.7. The van der Waals surface area contributed by atoms with E-state index in [1.54, 1.807) is 55.5 Å². The summed E-state index contributed by atoms with van der Waals surface area (Å²) in [7, 11) is 0. The molecule has 0 aliphatic heterocycles. The first-order chi connectivity index (χ1) is 15.5. The van der Waals surface area contributed by atoms with Crippen molar-refractivity contribution in [3.05, 3.63) is 93.8 Å². The topological polar surface area (TPSA) is 75.0 Å². The molecule has 162 valence electrons. The van der Waals surface area contributed by atoms with Gasteiger partial charge < -0.3 is 18.6 Å². The van der Waals surface area contributed by atoms with Crippen molar-refractivity contribution in [3.8, 4) is 23.0 Å². The van der Waals surface area contributed by atoms with E-state index in [1.165, 1.54) is 6.07 Å². The number of carbonyl (C=O) groups is 1. The number of fused-ring (bicyclic) bond motifs is 1. The molecule has 1 aromatic heterocycles. The van der Waals surface area contributed by atoms with Gasteiger partial charge in [-0.2, -0.15) is 0 Å². The number of esters is 1. The lowest BCUT2D eigenvalue weighted by Crippen LogP contribution is -2.10. The molecule has 0 atom stereocenters. The highest BCUT2D eigenvalue weighted by molar-refractivity contribution is 5.91. The van der Waals surface area contributed by atoms with Gasteiger partial charge in [-0.15, -0.1) is 0 Å². The van der Waals surface area contributed by atoms with Crippen molar-refractivity contribution in [1.29, 1.82) is 0 Å². The van der Waals surface area contributed by atoms with E-state index in [1.807, 2.05) is 26.0 Å². The fourth-order valence-corrected chi connectivity index (χ4v) is 3.31. The van der Waals surface area contributed by atoms with Crippen LogP contribution < -0.4 is 19.6 Å². The van der Waals surface area contributed by atoms with E-state index in [9.17, 15) is 9.59 Å². The number of para-hydroxylation sites is 2. The number of carbonyl (C=O) groups excluding carboxylic acids is 1. The Hall–Kier alpha value is -4.06. The summed E-state index contributed by atoms with van der Waals surface area (Å²) in [6, 6.07) is 18.9. The SMILES string of the molecule is CCOc1ccccc1Oc1c(C)oc2cc(OC(=O)c3cccc(C)c3)ccc2c1=O. The van der Waals surface area contributed by atoms with E-state index >= 15 is 0 Å². The zero-order valence-electron chi connectivity index (χ0n) is 18.0. The largest absolute Gasteiger partial charge is 0.490 e. The Labute approximate surface area is 185 Å². The van der Waals surface area contributed by atoms with Gasteiger partial charge in [-0.05, 0) is 57.2 Å². The van der Waals surface area contributed by atoms with E-state index < -0.39 is 5.97 Å². The fourth-order valence-electron chi connectivity index (χ4n) is 3.31. The molecule has 0 unspecified atom stereocenters. The molecule has 4 aromatic rings. The Bertz CT molecular complexity index is 1350. The molecule has 6 nitrogen and oxygen atoms in total. The molecule has 0 bridgehead atoms. The van der Waals surface area contributed by atoms with Crippen LogP contribution in [0.3, 0.4) is 0 Å². The first kappa shape index (κ1) is 21.2. The predicted octanol–water partition coefficient (Wildman–Crippen LogP) is 5.82. The van der Waals surface area contributed by atoms with Crippen LogP contribution in [0.5, 0.6) is 23.0 Å². The fraction of sp³-hybridized carbons (Fsp3) is 0.154. The van der Waals surface area contributed by atoms with Crippen molar-refractivity contribution < 1.29 is 23.4 Å². The summed E-state index contributed by atoms with van der Waals surface area (Å²) in [6.07, 6.45) is 0. The molecule has 0 aliphatic rings. The third kappa shape index (κ3) is 4.34.